The molecule has 0 aromatic carbocycles. The first kappa shape index (κ1) is 6.19. The lowest BCUT2D eigenvalue weighted by molar-refractivity contribution is 0.160. The topological polar surface area (TPSA) is 45.1 Å². The van der Waals surface area contributed by atoms with E-state index in [1.807, 2.05) is 23.7 Å². The van der Waals surface area contributed by atoms with Gasteiger partial charge in [-0.05, 0) is 12.1 Å². The Morgan fingerprint density at radius 2 is 2.44 bits per heavy atom. The van der Waals surface area contributed by atoms with Crippen molar-refractivity contribution in [3.05, 3.63) is 30.1 Å². The maximum absolute atomic E-state index is 8.23. The number of hydrogen-bond acceptors (Lipinski definition) is 3. The lowest BCUT2D eigenvalue weighted by atomic mass is 10.4. The van der Waals surface area contributed by atoms with Gasteiger partial charge in [0, 0.05) is 6.20 Å². The first-order valence-corrected chi connectivity index (χ1v) is 2.70. The minimum atomic E-state index is 0.404. The summed E-state index contributed by atoms with van der Waals surface area (Å²) in [5.74, 6) is 0. The molecular formula is C6H8N2O. The Kier molecular flexibility index (Phi) is 2.18. The Labute approximate surface area is 53.3 Å². The Morgan fingerprint density at radius 3 is 3.00 bits per heavy atom. The largest absolute Gasteiger partial charge is 0.316 e. The van der Waals surface area contributed by atoms with E-state index in [-0.39, 0.29) is 0 Å². The molecule has 1 aromatic rings. The van der Waals surface area contributed by atoms with Crippen molar-refractivity contribution in [3.63, 3.8) is 0 Å². The molecule has 3 heteroatoms. The van der Waals surface area contributed by atoms with E-state index in [1.165, 1.54) is 0 Å². The molecule has 0 radical (unpaired) electrons. The normalized spacial score (nSPS) is 9.44. The molecule has 9 heavy (non-hydrogen) atoms. The zero-order valence-electron chi connectivity index (χ0n) is 4.91. The minimum absolute atomic E-state index is 0.404. The molecule has 0 atom stereocenters. The third-order valence-electron chi connectivity index (χ3n) is 0.986. The van der Waals surface area contributed by atoms with Crippen molar-refractivity contribution in [1.29, 1.82) is 0 Å². The summed E-state index contributed by atoms with van der Waals surface area (Å²) < 4.78 is 0. The number of pyridine rings is 1. The lowest BCUT2D eigenvalue weighted by Crippen LogP contribution is -2.06. The monoisotopic (exact) mass is 124 g/mol. The fourth-order valence-electron chi connectivity index (χ4n) is 0.584. The molecule has 0 aliphatic rings. The van der Waals surface area contributed by atoms with E-state index in [1.54, 1.807) is 6.20 Å². The molecule has 0 spiro atoms. The van der Waals surface area contributed by atoms with Crippen molar-refractivity contribution in [2.24, 2.45) is 0 Å². The summed E-state index contributed by atoms with van der Waals surface area (Å²) in [5, 5.41) is 8.23. The molecule has 1 heterocycles. The van der Waals surface area contributed by atoms with Gasteiger partial charge in [-0.3, -0.25) is 4.98 Å². The van der Waals surface area contributed by atoms with Gasteiger partial charge < -0.3 is 5.21 Å². The van der Waals surface area contributed by atoms with Gasteiger partial charge >= 0.3 is 0 Å². The quantitative estimate of drug-likeness (QED) is 0.566. The van der Waals surface area contributed by atoms with Crippen LogP contribution in [0.2, 0.25) is 0 Å². The maximum Gasteiger partial charge on any atom is 0.0631 e. The van der Waals surface area contributed by atoms with Gasteiger partial charge in [0.2, 0.25) is 0 Å². The second-order valence-corrected chi connectivity index (χ2v) is 1.66. The summed E-state index contributed by atoms with van der Waals surface area (Å²) >= 11 is 0. The fourth-order valence-corrected chi connectivity index (χ4v) is 0.584. The highest BCUT2D eigenvalue weighted by Crippen LogP contribution is 1.89. The first-order chi connectivity index (χ1) is 4.43. The minimum Gasteiger partial charge on any atom is -0.316 e. The Balaban J connectivity index is 2.61. The summed E-state index contributed by atoms with van der Waals surface area (Å²) in [7, 11) is 0. The molecule has 2 N–H and O–H groups in total. The van der Waals surface area contributed by atoms with Gasteiger partial charge in [-0.1, -0.05) is 6.07 Å². The summed E-state index contributed by atoms with van der Waals surface area (Å²) in [5.41, 5.74) is 2.85. The molecule has 0 amide bonds. The van der Waals surface area contributed by atoms with E-state index >= 15 is 0 Å². The van der Waals surface area contributed by atoms with Crippen molar-refractivity contribution in [3.8, 4) is 0 Å². The van der Waals surface area contributed by atoms with Gasteiger partial charge in [-0.25, -0.2) is 0 Å². The van der Waals surface area contributed by atoms with Crippen LogP contribution >= 0.6 is 0 Å². The van der Waals surface area contributed by atoms with E-state index in [4.69, 9.17) is 5.21 Å². The van der Waals surface area contributed by atoms with Gasteiger partial charge in [0.1, 0.15) is 0 Å². The molecule has 0 unspecified atom stereocenters. The molecule has 0 saturated heterocycles. The van der Waals surface area contributed by atoms with E-state index in [2.05, 4.69) is 4.98 Å². The number of nitrogens with one attached hydrogen (secondary N) is 1. The highest BCUT2D eigenvalue weighted by Gasteiger charge is 1.86. The second kappa shape index (κ2) is 3.17. The van der Waals surface area contributed by atoms with Gasteiger partial charge in [0.05, 0.1) is 12.2 Å². The number of hydrogen-bond donors (Lipinski definition) is 2. The van der Waals surface area contributed by atoms with Crippen LogP contribution in [0, 0.1) is 0 Å². The van der Waals surface area contributed by atoms with Crippen molar-refractivity contribution in [2.75, 3.05) is 0 Å². The van der Waals surface area contributed by atoms with Crippen LogP contribution in [0.1, 0.15) is 5.69 Å². The Bertz CT molecular complexity index is 164. The van der Waals surface area contributed by atoms with Gasteiger partial charge in [0.15, 0.2) is 0 Å². The SMILES string of the molecule is ONCc1ccccn1. The van der Waals surface area contributed by atoms with E-state index < -0.39 is 0 Å². The smallest absolute Gasteiger partial charge is 0.0631 e. The van der Waals surface area contributed by atoms with E-state index in [9.17, 15) is 0 Å². The van der Waals surface area contributed by atoms with E-state index in [0.717, 1.165) is 5.69 Å². The summed E-state index contributed by atoms with van der Waals surface area (Å²) in [6.45, 7) is 0.404. The molecular weight excluding hydrogens is 116 g/mol. The predicted molar refractivity (Wildman–Crippen MR) is 32.9 cm³/mol. The zero-order valence-corrected chi connectivity index (χ0v) is 4.91. The third kappa shape index (κ3) is 1.79. The highest BCUT2D eigenvalue weighted by atomic mass is 16.5. The standard InChI is InChI=1S/C6H8N2O/c9-8-5-6-3-1-2-4-7-6/h1-4,8-9H,5H2. The van der Waals surface area contributed by atoms with Gasteiger partial charge in [-0.2, -0.15) is 5.48 Å². The van der Waals surface area contributed by atoms with Crippen molar-refractivity contribution in [2.45, 2.75) is 6.54 Å². The molecule has 0 saturated carbocycles. The predicted octanol–water partition coefficient (Wildman–Crippen LogP) is 0.560. The molecule has 3 nitrogen and oxygen atoms in total. The molecule has 1 aromatic heterocycles. The maximum atomic E-state index is 8.23. The number of hydroxylamine groups is 1. The number of aromatic nitrogens is 1. The van der Waals surface area contributed by atoms with Crippen LogP contribution in [-0.4, -0.2) is 10.2 Å². The van der Waals surface area contributed by atoms with Gasteiger partial charge in [-0.15, -0.1) is 0 Å². The van der Waals surface area contributed by atoms with Crippen LogP contribution in [0.25, 0.3) is 0 Å². The van der Waals surface area contributed by atoms with E-state index in [0.29, 0.717) is 6.54 Å². The second-order valence-electron chi connectivity index (χ2n) is 1.66. The molecule has 0 aliphatic carbocycles. The summed E-state index contributed by atoms with van der Waals surface area (Å²) in [6, 6.07) is 5.55. The fraction of sp³-hybridized carbons (Fsp3) is 0.167. The molecule has 1 rings (SSSR count). The van der Waals surface area contributed by atoms with Crippen molar-refractivity contribution < 1.29 is 5.21 Å². The molecule has 0 aliphatic heterocycles. The van der Waals surface area contributed by atoms with Crippen LogP contribution in [0.4, 0.5) is 0 Å². The van der Waals surface area contributed by atoms with Crippen LogP contribution in [0.3, 0.4) is 0 Å². The third-order valence-corrected chi connectivity index (χ3v) is 0.986. The zero-order chi connectivity index (χ0) is 6.53. The number of nitrogens with zero attached hydrogens (tertiary/aromatic N) is 1. The van der Waals surface area contributed by atoms with Gasteiger partial charge in [0.25, 0.3) is 0 Å². The van der Waals surface area contributed by atoms with Crippen molar-refractivity contribution in [1.82, 2.24) is 10.5 Å². The summed E-state index contributed by atoms with van der Waals surface area (Å²) in [6.07, 6.45) is 1.69. The molecule has 48 valence electrons. The average Bonchev–Trinajstić information content (AvgIpc) is 1.91. The molecule has 0 fully saturated rings. The number of rotatable bonds is 2. The van der Waals surface area contributed by atoms with Crippen LogP contribution < -0.4 is 5.48 Å². The molecule has 0 bridgehead atoms. The average molecular weight is 124 g/mol. The Hall–Kier alpha value is -0.930. The van der Waals surface area contributed by atoms with Crippen LogP contribution in [0.5, 0.6) is 0 Å². The van der Waals surface area contributed by atoms with Crippen molar-refractivity contribution >= 4 is 0 Å². The summed E-state index contributed by atoms with van der Waals surface area (Å²) in [4.78, 5) is 3.95. The Morgan fingerprint density at radius 1 is 1.56 bits per heavy atom. The highest BCUT2D eigenvalue weighted by molar-refractivity contribution is 5.02. The van der Waals surface area contributed by atoms with Crippen LogP contribution in [0.15, 0.2) is 24.4 Å². The first-order valence-electron chi connectivity index (χ1n) is 2.70. The lowest BCUT2D eigenvalue weighted by Gasteiger charge is -1.93. The van der Waals surface area contributed by atoms with Crippen LogP contribution in [-0.2, 0) is 6.54 Å².